The summed E-state index contributed by atoms with van der Waals surface area (Å²) < 4.78 is 5.25. The topological polar surface area (TPSA) is 46.5 Å². The van der Waals surface area contributed by atoms with E-state index in [4.69, 9.17) is 4.74 Å². The van der Waals surface area contributed by atoms with E-state index >= 15 is 0 Å². The van der Waals surface area contributed by atoms with Gasteiger partial charge >= 0.3 is 5.97 Å². The molecule has 0 aliphatic heterocycles. The minimum absolute atomic E-state index is 0.156. The molecule has 0 bridgehead atoms. The smallest absolute Gasteiger partial charge is 0.308 e. The second-order valence-corrected chi connectivity index (χ2v) is 6.63. The van der Waals surface area contributed by atoms with Crippen LogP contribution in [0.4, 0.5) is 0 Å². The Hall–Kier alpha value is -3.07. The van der Waals surface area contributed by atoms with Crippen LogP contribution >= 0.6 is 0 Å². The lowest BCUT2D eigenvalue weighted by Crippen LogP contribution is -2.23. The molecule has 0 saturated heterocycles. The zero-order chi connectivity index (χ0) is 18.1. The number of carboxylic acids is 1. The number of aliphatic carboxylic acids is 1. The van der Waals surface area contributed by atoms with Crippen molar-refractivity contribution in [3.8, 4) is 5.75 Å². The fraction of sp³-hybridized carbons (Fsp3) is 0.174. The van der Waals surface area contributed by atoms with E-state index in [9.17, 15) is 9.90 Å². The lowest BCUT2D eigenvalue weighted by Gasteiger charge is -2.22. The van der Waals surface area contributed by atoms with Crippen molar-refractivity contribution in [2.75, 3.05) is 7.11 Å². The van der Waals surface area contributed by atoms with E-state index in [-0.39, 0.29) is 11.8 Å². The van der Waals surface area contributed by atoms with Gasteiger partial charge in [-0.25, -0.2) is 0 Å². The average molecular weight is 344 g/mol. The zero-order valence-corrected chi connectivity index (χ0v) is 14.5. The third-order valence-corrected chi connectivity index (χ3v) is 5.30. The van der Waals surface area contributed by atoms with Crippen molar-refractivity contribution in [3.63, 3.8) is 0 Å². The Balaban J connectivity index is 1.89. The molecule has 3 nitrogen and oxygen atoms in total. The lowest BCUT2D eigenvalue weighted by molar-refractivity contribution is -0.142. The van der Waals surface area contributed by atoms with Crippen LogP contribution in [0.1, 0.15) is 34.1 Å². The van der Waals surface area contributed by atoms with Crippen LogP contribution in [-0.2, 0) is 4.79 Å². The van der Waals surface area contributed by atoms with E-state index in [0.29, 0.717) is 0 Å². The summed E-state index contributed by atoms with van der Waals surface area (Å²) in [7, 11) is 1.63. The Bertz CT molecular complexity index is 916. The number of fused-ring (bicyclic) bond motifs is 1. The molecule has 0 fully saturated rings. The molecule has 3 aromatic carbocycles. The molecule has 0 spiro atoms. The van der Waals surface area contributed by atoms with Gasteiger partial charge in [0.1, 0.15) is 5.75 Å². The number of ether oxygens (including phenoxy) is 1. The first-order chi connectivity index (χ1) is 12.7. The predicted octanol–water partition coefficient (Wildman–Crippen LogP) is 4.67. The number of carbonyl (C=O) groups is 1. The monoisotopic (exact) mass is 344 g/mol. The minimum atomic E-state index is -0.768. The van der Waals surface area contributed by atoms with Gasteiger partial charge in [0.15, 0.2) is 0 Å². The first-order valence-corrected chi connectivity index (χ1v) is 8.71. The van der Waals surface area contributed by atoms with Crippen LogP contribution < -0.4 is 4.74 Å². The first kappa shape index (κ1) is 16.4. The molecule has 3 aromatic rings. The fourth-order valence-electron chi connectivity index (χ4n) is 4.19. The molecule has 1 aliphatic rings. The van der Waals surface area contributed by atoms with E-state index in [0.717, 1.165) is 28.0 Å². The molecule has 0 unspecified atom stereocenters. The van der Waals surface area contributed by atoms with E-state index in [2.05, 4.69) is 12.1 Å². The van der Waals surface area contributed by atoms with Gasteiger partial charge in [-0.2, -0.15) is 0 Å². The van der Waals surface area contributed by atoms with Gasteiger partial charge in [-0.3, -0.25) is 4.79 Å². The van der Waals surface area contributed by atoms with E-state index in [1.807, 2.05) is 66.7 Å². The molecule has 3 atom stereocenters. The Morgan fingerprint density at radius 3 is 1.77 bits per heavy atom. The van der Waals surface area contributed by atoms with E-state index in [1.54, 1.807) is 7.11 Å². The summed E-state index contributed by atoms with van der Waals surface area (Å²) >= 11 is 0. The van der Waals surface area contributed by atoms with Crippen LogP contribution in [0.15, 0.2) is 78.9 Å². The maximum Gasteiger partial charge on any atom is 0.308 e. The summed E-state index contributed by atoms with van der Waals surface area (Å²) in [5, 5.41) is 10.1. The van der Waals surface area contributed by atoms with E-state index in [1.165, 1.54) is 0 Å². The Kier molecular flexibility index (Phi) is 4.21. The minimum Gasteiger partial charge on any atom is -0.497 e. The van der Waals surface area contributed by atoms with Gasteiger partial charge in [0, 0.05) is 11.8 Å². The van der Waals surface area contributed by atoms with Gasteiger partial charge in [-0.15, -0.1) is 0 Å². The molecule has 0 amide bonds. The van der Waals surface area contributed by atoms with Gasteiger partial charge in [0.05, 0.1) is 13.0 Å². The van der Waals surface area contributed by atoms with Crippen molar-refractivity contribution >= 4 is 5.97 Å². The quantitative estimate of drug-likeness (QED) is 0.748. The van der Waals surface area contributed by atoms with Crippen LogP contribution in [-0.4, -0.2) is 18.2 Å². The molecule has 0 heterocycles. The largest absolute Gasteiger partial charge is 0.497 e. The second-order valence-electron chi connectivity index (χ2n) is 6.63. The standard InChI is InChI=1S/C23H20O3/c1-26-17-13-11-16(12-14-17)21-19-10-6-5-9-18(19)20(22(21)23(24)25)15-7-3-2-4-8-15/h2-14,20-22H,1H3,(H,24,25)/t20-,21+,22+/m1/s1. The normalized spacial score (nSPS) is 21.2. The third kappa shape index (κ3) is 2.66. The number of methoxy groups -OCH3 is 1. The zero-order valence-electron chi connectivity index (χ0n) is 14.5. The SMILES string of the molecule is COc1ccc([C@H]2c3ccccc3[C@@H](c3ccccc3)[C@@H]2C(=O)O)cc1. The average Bonchev–Trinajstić information content (AvgIpc) is 3.04. The molecule has 1 N–H and O–H groups in total. The lowest BCUT2D eigenvalue weighted by atomic mass is 9.80. The van der Waals surface area contributed by atoms with Gasteiger partial charge in [0.25, 0.3) is 0 Å². The molecule has 0 radical (unpaired) electrons. The van der Waals surface area contributed by atoms with Crippen LogP contribution in [0.5, 0.6) is 5.75 Å². The molecule has 130 valence electrons. The van der Waals surface area contributed by atoms with Gasteiger partial charge < -0.3 is 9.84 Å². The molecular formula is C23H20O3. The van der Waals surface area contributed by atoms with Crippen molar-refractivity contribution in [2.45, 2.75) is 11.8 Å². The summed E-state index contributed by atoms with van der Waals surface area (Å²) in [4.78, 5) is 12.3. The predicted molar refractivity (Wildman–Crippen MR) is 101 cm³/mol. The molecule has 1 aliphatic carbocycles. The van der Waals surface area contributed by atoms with Crippen molar-refractivity contribution in [2.24, 2.45) is 5.92 Å². The number of hydrogen-bond acceptors (Lipinski definition) is 2. The van der Waals surface area contributed by atoms with Crippen molar-refractivity contribution in [1.29, 1.82) is 0 Å². The van der Waals surface area contributed by atoms with Gasteiger partial charge in [0.2, 0.25) is 0 Å². The molecule has 26 heavy (non-hydrogen) atoms. The van der Waals surface area contributed by atoms with Gasteiger partial charge in [-0.05, 0) is 34.4 Å². The van der Waals surface area contributed by atoms with Crippen LogP contribution in [0.2, 0.25) is 0 Å². The Labute approximate surface area is 152 Å². The first-order valence-electron chi connectivity index (χ1n) is 8.71. The highest BCUT2D eigenvalue weighted by atomic mass is 16.5. The summed E-state index contributed by atoms with van der Waals surface area (Å²) in [6.07, 6.45) is 0. The molecule has 0 aromatic heterocycles. The third-order valence-electron chi connectivity index (χ3n) is 5.30. The summed E-state index contributed by atoms with van der Waals surface area (Å²) in [5.74, 6) is -0.873. The number of benzene rings is 3. The highest BCUT2D eigenvalue weighted by Gasteiger charge is 2.46. The number of carboxylic acid groups (broad SMARTS) is 1. The fourth-order valence-corrected chi connectivity index (χ4v) is 4.19. The van der Waals surface area contributed by atoms with E-state index < -0.39 is 11.9 Å². The number of hydrogen-bond donors (Lipinski definition) is 1. The molecule has 3 heteroatoms. The molecule has 4 rings (SSSR count). The highest BCUT2D eigenvalue weighted by Crippen LogP contribution is 2.52. The second kappa shape index (κ2) is 6.68. The summed E-state index contributed by atoms with van der Waals surface area (Å²) in [6, 6.07) is 25.8. The van der Waals surface area contributed by atoms with Crippen LogP contribution in [0.25, 0.3) is 0 Å². The summed E-state index contributed by atoms with van der Waals surface area (Å²) in [5.41, 5.74) is 4.25. The van der Waals surface area contributed by atoms with Crippen LogP contribution in [0.3, 0.4) is 0 Å². The summed E-state index contributed by atoms with van der Waals surface area (Å²) in [6.45, 7) is 0. The van der Waals surface area contributed by atoms with Gasteiger partial charge in [-0.1, -0.05) is 66.7 Å². The number of rotatable bonds is 4. The van der Waals surface area contributed by atoms with Crippen LogP contribution in [0, 0.1) is 5.92 Å². The van der Waals surface area contributed by atoms with Crippen molar-refractivity contribution in [3.05, 3.63) is 101 Å². The molecular weight excluding hydrogens is 324 g/mol. The molecule has 0 saturated carbocycles. The maximum absolute atomic E-state index is 12.3. The Morgan fingerprint density at radius 2 is 1.27 bits per heavy atom. The van der Waals surface area contributed by atoms with Crippen molar-refractivity contribution in [1.82, 2.24) is 0 Å². The van der Waals surface area contributed by atoms with Crippen molar-refractivity contribution < 1.29 is 14.6 Å². The maximum atomic E-state index is 12.3. The Morgan fingerprint density at radius 1 is 0.769 bits per heavy atom. The highest BCUT2D eigenvalue weighted by molar-refractivity contribution is 5.77.